The van der Waals surface area contributed by atoms with Crippen LogP contribution >= 0.6 is 11.8 Å². The van der Waals surface area contributed by atoms with Gasteiger partial charge in [0.1, 0.15) is 5.25 Å². The van der Waals surface area contributed by atoms with Gasteiger partial charge in [0.15, 0.2) is 5.12 Å². The number of carbonyl (C=O) groups is 2. The Morgan fingerprint density at radius 1 is 1.25 bits per heavy atom. The summed E-state index contributed by atoms with van der Waals surface area (Å²) < 4.78 is 4.48. The predicted octanol–water partition coefficient (Wildman–Crippen LogP) is 1.46. The first-order valence-corrected chi connectivity index (χ1v) is 4.65. The quantitative estimate of drug-likeness (QED) is 0.632. The largest absolute Gasteiger partial charge is 0.468 e. The molecule has 0 aliphatic rings. The van der Waals surface area contributed by atoms with E-state index >= 15 is 0 Å². The summed E-state index contributed by atoms with van der Waals surface area (Å²) in [4.78, 5) is 22.0. The minimum Gasteiger partial charge on any atom is -0.468 e. The van der Waals surface area contributed by atoms with Crippen molar-refractivity contribution < 1.29 is 14.3 Å². The molecule has 3 nitrogen and oxygen atoms in total. The van der Waals surface area contributed by atoms with Gasteiger partial charge in [-0.25, -0.2) is 0 Å². The molecule has 0 N–H and O–H groups in total. The van der Waals surface area contributed by atoms with E-state index < -0.39 is 5.25 Å². The third-order valence-electron chi connectivity index (χ3n) is 1.30. The highest BCUT2D eigenvalue weighted by Gasteiger charge is 2.19. The van der Waals surface area contributed by atoms with Gasteiger partial charge in [-0.1, -0.05) is 25.6 Å². The second kappa shape index (κ2) is 5.19. The van der Waals surface area contributed by atoms with Crippen molar-refractivity contribution in [2.45, 2.75) is 26.0 Å². The smallest absolute Gasteiger partial charge is 0.318 e. The minimum atomic E-state index is -0.398. The van der Waals surface area contributed by atoms with Crippen LogP contribution in [0.4, 0.5) is 0 Å². The second-order valence-electron chi connectivity index (χ2n) is 2.76. The molecule has 0 saturated heterocycles. The lowest BCUT2D eigenvalue weighted by Gasteiger charge is -2.08. The molecule has 0 spiro atoms. The summed E-state index contributed by atoms with van der Waals surface area (Å²) in [6.07, 6.45) is 0. The number of thioether (sulfide) groups is 1. The zero-order valence-corrected chi connectivity index (χ0v) is 8.60. The summed E-state index contributed by atoms with van der Waals surface area (Å²) >= 11 is 1.03. The molecule has 0 fully saturated rings. The van der Waals surface area contributed by atoms with Crippen LogP contribution in [0.1, 0.15) is 20.8 Å². The fourth-order valence-electron chi connectivity index (χ4n) is 0.524. The van der Waals surface area contributed by atoms with E-state index in [2.05, 4.69) is 4.74 Å². The van der Waals surface area contributed by atoms with Gasteiger partial charge < -0.3 is 4.74 Å². The molecule has 0 saturated carbocycles. The fourth-order valence-corrected chi connectivity index (χ4v) is 1.34. The number of methoxy groups -OCH3 is 1. The zero-order valence-electron chi connectivity index (χ0n) is 7.79. The summed E-state index contributed by atoms with van der Waals surface area (Å²) in [5.41, 5.74) is 0. The fraction of sp³-hybridized carbons (Fsp3) is 0.750. The van der Waals surface area contributed by atoms with Crippen LogP contribution in [0.15, 0.2) is 0 Å². The molecule has 0 aliphatic heterocycles. The highest BCUT2D eigenvalue weighted by molar-refractivity contribution is 8.14. The number of ether oxygens (including phenoxy) is 1. The monoisotopic (exact) mass is 190 g/mol. The molecule has 0 rings (SSSR count). The molecule has 0 amide bonds. The number of carbonyl (C=O) groups excluding carboxylic acids is 2. The molecular weight excluding hydrogens is 176 g/mol. The molecule has 4 heteroatoms. The van der Waals surface area contributed by atoms with Gasteiger partial charge in [-0.2, -0.15) is 0 Å². The zero-order chi connectivity index (χ0) is 9.72. The van der Waals surface area contributed by atoms with E-state index in [9.17, 15) is 9.59 Å². The maximum Gasteiger partial charge on any atom is 0.318 e. The maximum atomic E-state index is 11.1. The molecule has 0 aliphatic carbocycles. The lowest BCUT2D eigenvalue weighted by molar-refractivity contribution is -0.139. The van der Waals surface area contributed by atoms with E-state index in [0.29, 0.717) is 0 Å². The normalized spacial score (nSPS) is 12.8. The SMILES string of the molecule is COC(=O)C(C)SC(=O)C(C)C. The van der Waals surface area contributed by atoms with E-state index in [1.54, 1.807) is 20.8 Å². The third-order valence-corrected chi connectivity index (χ3v) is 2.55. The van der Waals surface area contributed by atoms with Crippen LogP contribution < -0.4 is 0 Å². The van der Waals surface area contributed by atoms with E-state index in [4.69, 9.17) is 0 Å². The van der Waals surface area contributed by atoms with Crippen LogP contribution in [0.25, 0.3) is 0 Å². The molecule has 0 bridgehead atoms. The number of hydrogen-bond acceptors (Lipinski definition) is 4. The molecule has 0 aromatic rings. The Morgan fingerprint density at radius 2 is 1.75 bits per heavy atom. The molecule has 12 heavy (non-hydrogen) atoms. The molecule has 70 valence electrons. The molecule has 1 unspecified atom stereocenters. The summed E-state index contributed by atoms with van der Waals surface area (Å²) in [5.74, 6) is -0.392. The maximum absolute atomic E-state index is 11.1. The average Bonchev–Trinajstić information content (AvgIpc) is 2.02. The van der Waals surface area contributed by atoms with Crippen molar-refractivity contribution in [1.82, 2.24) is 0 Å². The van der Waals surface area contributed by atoms with Crippen LogP contribution in [-0.2, 0) is 14.3 Å². The second-order valence-corrected chi connectivity index (χ2v) is 4.10. The van der Waals surface area contributed by atoms with Crippen molar-refractivity contribution in [3.05, 3.63) is 0 Å². The molecule has 0 aromatic heterocycles. The Morgan fingerprint density at radius 3 is 2.08 bits per heavy atom. The summed E-state index contributed by atoms with van der Waals surface area (Å²) in [6.45, 7) is 5.27. The van der Waals surface area contributed by atoms with Crippen molar-refractivity contribution >= 4 is 22.8 Å². The number of rotatable bonds is 3. The average molecular weight is 190 g/mol. The lowest BCUT2D eigenvalue weighted by atomic mass is 10.3. The minimum absolute atomic E-state index is 0.0212. The molecule has 0 aromatic carbocycles. The third kappa shape index (κ3) is 3.76. The van der Waals surface area contributed by atoms with Gasteiger partial charge in [0.25, 0.3) is 0 Å². The first-order valence-electron chi connectivity index (χ1n) is 3.77. The topological polar surface area (TPSA) is 43.4 Å². The van der Waals surface area contributed by atoms with E-state index in [-0.39, 0.29) is 17.0 Å². The summed E-state index contributed by atoms with van der Waals surface area (Å²) in [5, 5.41) is -0.377. The van der Waals surface area contributed by atoms with E-state index in [0.717, 1.165) is 11.8 Å². The first-order chi connectivity index (χ1) is 5.49. The van der Waals surface area contributed by atoms with Crippen molar-refractivity contribution in [2.24, 2.45) is 5.92 Å². The van der Waals surface area contributed by atoms with Gasteiger partial charge in [-0.05, 0) is 6.92 Å². The van der Waals surface area contributed by atoms with Crippen LogP contribution in [-0.4, -0.2) is 23.4 Å². The molecule has 0 heterocycles. The van der Waals surface area contributed by atoms with E-state index in [1.165, 1.54) is 7.11 Å². The Bertz CT molecular complexity index is 177. The predicted molar refractivity (Wildman–Crippen MR) is 48.9 cm³/mol. The highest BCUT2D eigenvalue weighted by atomic mass is 32.2. The van der Waals surface area contributed by atoms with Crippen LogP contribution in [0.2, 0.25) is 0 Å². The Hall–Kier alpha value is -0.510. The Balaban J connectivity index is 3.92. The summed E-state index contributed by atoms with van der Waals surface area (Å²) in [6, 6.07) is 0. The van der Waals surface area contributed by atoms with Gasteiger partial charge in [0.2, 0.25) is 0 Å². The summed E-state index contributed by atoms with van der Waals surface area (Å²) in [7, 11) is 1.32. The molecule has 1 atom stereocenters. The Labute approximate surface area is 76.9 Å². The van der Waals surface area contributed by atoms with Crippen molar-refractivity contribution in [1.29, 1.82) is 0 Å². The van der Waals surface area contributed by atoms with Crippen molar-refractivity contribution in [2.75, 3.05) is 7.11 Å². The van der Waals surface area contributed by atoms with Crippen LogP contribution in [0.5, 0.6) is 0 Å². The molecular formula is C8H14O3S. The number of hydrogen-bond donors (Lipinski definition) is 0. The Kier molecular flexibility index (Phi) is 4.97. The van der Waals surface area contributed by atoms with E-state index in [1.807, 2.05) is 0 Å². The van der Waals surface area contributed by atoms with Crippen molar-refractivity contribution in [3.63, 3.8) is 0 Å². The first kappa shape index (κ1) is 11.5. The van der Waals surface area contributed by atoms with Crippen LogP contribution in [0, 0.1) is 5.92 Å². The molecule has 0 radical (unpaired) electrons. The standard InChI is InChI=1S/C8H14O3S/c1-5(2)8(10)12-6(3)7(9)11-4/h5-6H,1-4H3. The lowest BCUT2D eigenvalue weighted by Crippen LogP contribution is -2.18. The van der Waals surface area contributed by atoms with Gasteiger partial charge in [-0.15, -0.1) is 0 Å². The van der Waals surface area contributed by atoms with Gasteiger partial charge in [0, 0.05) is 5.92 Å². The van der Waals surface area contributed by atoms with Gasteiger partial charge in [0.05, 0.1) is 7.11 Å². The highest BCUT2D eigenvalue weighted by Crippen LogP contribution is 2.17. The number of esters is 1. The van der Waals surface area contributed by atoms with Crippen molar-refractivity contribution in [3.8, 4) is 0 Å². The van der Waals surface area contributed by atoms with Crippen LogP contribution in [0.3, 0.4) is 0 Å². The van der Waals surface area contributed by atoms with Gasteiger partial charge >= 0.3 is 5.97 Å². The van der Waals surface area contributed by atoms with Gasteiger partial charge in [-0.3, -0.25) is 9.59 Å².